The number of hydrogen-bond donors (Lipinski definition) is 0. The first kappa shape index (κ1) is 14.6. The minimum atomic E-state index is -0.466. The second-order valence-corrected chi connectivity index (χ2v) is 4.90. The molecule has 4 nitrogen and oxygen atoms in total. The zero-order valence-electron chi connectivity index (χ0n) is 10.6. The highest BCUT2D eigenvalue weighted by molar-refractivity contribution is 6.30. The van der Waals surface area contributed by atoms with Gasteiger partial charge in [0.05, 0.1) is 16.9 Å². The van der Waals surface area contributed by atoms with Gasteiger partial charge in [0.15, 0.2) is 0 Å². The van der Waals surface area contributed by atoms with E-state index < -0.39 is 4.92 Å². The lowest BCUT2D eigenvalue weighted by atomic mass is 10.2. The van der Waals surface area contributed by atoms with E-state index in [1.165, 1.54) is 12.1 Å². The maximum atomic E-state index is 10.8. The van der Waals surface area contributed by atoms with Crippen molar-refractivity contribution in [3.05, 3.63) is 62.7 Å². The summed E-state index contributed by atoms with van der Waals surface area (Å²) in [5.41, 5.74) is 1.53. The Bertz CT molecular complexity index is 659. The summed E-state index contributed by atoms with van der Waals surface area (Å²) in [5, 5.41) is 11.3. The topological polar surface area (TPSA) is 52.4 Å². The van der Waals surface area contributed by atoms with Crippen molar-refractivity contribution in [3.8, 4) is 11.5 Å². The molecule has 2 aromatic rings. The molecule has 0 heterocycles. The van der Waals surface area contributed by atoms with E-state index in [0.717, 1.165) is 11.1 Å². The first-order valence-corrected chi connectivity index (χ1v) is 6.70. The Hall–Kier alpha value is -1.78. The second-order valence-electron chi connectivity index (χ2n) is 4.19. The van der Waals surface area contributed by atoms with Gasteiger partial charge in [0.1, 0.15) is 11.5 Å². The molecule has 0 saturated carbocycles. The van der Waals surface area contributed by atoms with Crippen LogP contribution in [0.25, 0.3) is 0 Å². The lowest BCUT2D eigenvalue weighted by Crippen LogP contribution is -1.94. The summed E-state index contributed by atoms with van der Waals surface area (Å²) in [6.45, 7) is 1.81. The summed E-state index contributed by atoms with van der Waals surface area (Å²) in [7, 11) is 0. The highest BCUT2D eigenvalue weighted by atomic mass is 35.5. The SMILES string of the molecule is Cc1ccc([N+](=O)[O-])cc1Oc1cc(Cl)ccc1CCl. The number of nitro benzene ring substituents is 1. The Kier molecular flexibility index (Phi) is 4.47. The molecule has 0 N–H and O–H groups in total. The van der Waals surface area contributed by atoms with Crippen LogP contribution in [0.3, 0.4) is 0 Å². The molecule has 2 rings (SSSR count). The van der Waals surface area contributed by atoms with E-state index in [0.29, 0.717) is 16.5 Å². The van der Waals surface area contributed by atoms with Gasteiger partial charge in [0, 0.05) is 16.7 Å². The lowest BCUT2D eigenvalue weighted by molar-refractivity contribution is -0.384. The quantitative estimate of drug-likeness (QED) is 0.449. The van der Waals surface area contributed by atoms with E-state index >= 15 is 0 Å². The summed E-state index contributed by atoms with van der Waals surface area (Å²) in [5.74, 6) is 1.17. The molecule has 0 amide bonds. The van der Waals surface area contributed by atoms with Crippen molar-refractivity contribution in [2.75, 3.05) is 0 Å². The molecule has 104 valence electrons. The third-order valence-corrected chi connectivity index (χ3v) is 3.30. The van der Waals surface area contributed by atoms with Gasteiger partial charge in [-0.1, -0.05) is 17.7 Å². The number of rotatable bonds is 4. The van der Waals surface area contributed by atoms with E-state index in [9.17, 15) is 10.1 Å². The molecule has 0 fully saturated rings. The number of alkyl halides is 1. The van der Waals surface area contributed by atoms with Crippen molar-refractivity contribution in [2.24, 2.45) is 0 Å². The predicted octanol–water partition coefficient (Wildman–Crippen LogP) is 5.09. The number of nitrogens with zero attached hydrogens (tertiary/aromatic N) is 1. The van der Waals surface area contributed by atoms with Crippen molar-refractivity contribution in [1.29, 1.82) is 0 Å². The Balaban J connectivity index is 2.41. The van der Waals surface area contributed by atoms with E-state index in [1.807, 2.05) is 6.92 Å². The predicted molar refractivity (Wildman–Crippen MR) is 78.9 cm³/mol. The number of halogens is 2. The fraction of sp³-hybridized carbons (Fsp3) is 0.143. The molecule has 6 heteroatoms. The van der Waals surface area contributed by atoms with Crippen molar-refractivity contribution in [3.63, 3.8) is 0 Å². The molecular formula is C14H11Cl2NO3. The Morgan fingerprint density at radius 1 is 1.20 bits per heavy atom. The number of non-ortho nitro benzene ring substituents is 1. The summed E-state index contributed by atoms with van der Waals surface area (Å²) in [4.78, 5) is 10.3. The second kappa shape index (κ2) is 6.11. The van der Waals surface area contributed by atoms with Crippen LogP contribution in [0, 0.1) is 17.0 Å². The van der Waals surface area contributed by atoms with Gasteiger partial charge < -0.3 is 4.74 Å². The van der Waals surface area contributed by atoms with E-state index in [4.69, 9.17) is 27.9 Å². The molecular weight excluding hydrogens is 301 g/mol. The molecule has 0 aliphatic heterocycles. The monoisotopic (exact) mass is 311 g/mol. The molecule has 0 saturated heterocycles. The van der Waals surface area contributed by atoms with E-state index in [-0.39, 0.29) is 11.6 Å². The Morgan fingerprint density at radius 3 is 2.60 bits per heavy atom. The summed E-state index contributed by atoms with van der Waals surface area (Å²) < 4.78 is 5.73. The smallest absolute Gasteiger partial charge is 0.273 e. The fourth-order valence-electron chi connectivity index (χ4n) is 1.66. The van der Waals surface area contributed by atoms with Gasteiger partial charge in [0.25, 0.3) is 5.69 Å². The highest BCUT2D eigenvalue weighted by Gasteiger charge is 2.12. The van der Waals surface area contributed by atoms with Crippen LogP contribution in [0.1, 0.15) is 11.1 Å². The molecule has 0 spiro atoms. The third kappa shape index (κ3) is 3.21. The number of benzene rings is 2. The average molecular weight is 312 g/mol. The Labute approximate surface area is 126 Å². The van der Waals surface area contributed by atoms with Gasteiger partial charge in [-0.05, 0) is 30.7 Å². The maximum absolute atomic E-state index is 10.8. The van der Waals surface area contributed by atoms with Gasteiger partial charge in [-0.25, -0.2) is 0 Å². The molecule has 0 aliphatic rings. The minimum absolute atomic E-state index is 0.0277. The first-order valence-electron chi connectivity index (χ1n) is 5.78. The normalized spacial score (nSPS) is 10.3. The van der Waals surface area contributed by atoms with Gasteiger partial charge >= 0.3 is 0 Å². The standard InChI is InChI=1S/C14H11Cl2NO3/c1-9-2-5-12(17(18)19)7-13(9)20-14-6-11(16)4-3-10(14)8-15/h2-7H,8H2,1H3. The van der Waals surface area contributed by atoms with Gasteiger partial charge in [-0.2, -0.15) is 0 Å². The van der Waals surface area contributed by atoms with Crippen molar-refractivity contribution < 1.29 is 9.66 Å². The molecule has 0 radical (unpaired) electrons. The van der Waals surface area contributed by atoms with Crippen LogP contribution in [-0.4, -0.2) is 4.92 Å². The summed E-state index contributed by atoms with van der Waals surface area (Å²) >= 11 is 11.8. The fourth-order valence-corrected chi connectivity index (χ4v) is 2.05. The van der Waals surface area contributed by atoms with Gasteiger partial charge in [0.2, 0.25) is 0 Å². The number of aryl methyl sites for hydroxylation is 1. The molecule has 0 aromatic heterocycles. The van der Waals surface area contributed by atoms with Crippen molar-refractivity contribution in [1.82, 2.24) is 0 Å². The number of hydrogen-bond acceptors (Lipinski definition) is 3. The molecule has 2 aromatic carbocycles. The summed E-state index contributed by atoms with van der Waals surface area (Å²) in [6, 6.07) is 9.57. The number of nitro groups is 1. The maximum Gasteiger partial charge on any atom is 0.273 e. The van der Waals surface area contributed by atoms with E-state index in [1.54, 1.807) is 24.3 Å². The van der Waals surface area contributed by atoms with Gasteiger partial charge in [-0.15, -0.1) is 11.6 Å². The molecule has 0 unspecified atom stereocenters. The molecule has 0 atom stereocenters. The third-order valence-electron chi connectivity index (χ3n) is 2.78. The zero-order chi connectivity index (χ0) is 14.7. The highest BCUT2D eigenvalue weighted by Crippen LogP contribution is 2.33. The molecule has 0 bridgehead atoms. The molecule has 0 aliphatic carbocycles. The minimum Gasteiger partial charge on any atom is -0.456 e. The zero-order valence-corrected chi connectivity index (χ0v) is 12.1. The van der Waals surface area contributed by atoms with Crippen LogP contribution in [-0.2, 0) is 5.88 Å². The van der Waals surface area contributed by atoms with Crippen LogP contribution in [0.15, 0.2) is 36.4 Å². The van der Waals surface area contributed by atoms with Crippen molar-refractivity contribution in [2.45, 2.75) is 12.8 Å². The van der Waals surface area contributed by atoms with Crippen LogP contribution >= 0.6 is 23.2 Å². The Morgan fingerprint density at radius 2 is 1.95 bits per heavy atom. The van der Waals surface area contributed by atoms with Crippen LogP contribution < -0.4 is 4.74 Å². The van der Waals surface area contributed by atoms with Crippen molar-refractivity contribution >= 4 is 28.9 Å². The first-order chi connectivity index (χ1) is 9.51. The molecule has 20 heavy (non-hydrogen) atoms. The number of ether oxygens (including phenoxy) is 1. The van der Waals surface area contributed by atoms with E-state index in [2.05, 4.69) is 0 Å². The van der Waals surface area contributed by atoms with Crippen LogP contribution in [0.5, 0.6) is 11.5 Å². The van der Waals surface area contributed by atoms with Gasteiger partial charge in [-0.3, -0.25) is 10.1 Å². The average Bonchev–Trinajstić information content (AvgIpc) is 2.41. The summed E-state index contributed by atoms with van der Waals surface area (Å²) in [6.07, 6.45) is 0. The van der Waals surface area contributed by atoms with Crippen LogP contribution in [0.2, 0.25) is 5.02 Å². The lowest BCUT2D eigenvalue weighted by Gasteiger charge is -2.12. The van der Waals surface area contributed by atoms with Crippen LogP contribution in [0.4, 0.5) is 5.69 Å². The largest absolute Gasteiger partial charge is 0.456 e.